The van der Waals surface area contributed by atoms with E-state index in [0.717, 1.165) is 16.9 Å². The third-order valence-corrected chi connectivity index (χ3v) is 5.19. The van der Waals surface area contributed by atoms with Gasteiger partial charge in [-0.05, 0) is 37.1 Å². The second-order valence-corrected chi connectivity index (χ2v) is 7.54. The van der Waals surface area contributed by atoms with Crippen LogP contribution in [0.15, 0.2) is 48.5 Å². The van der Waals surface area contributed by atoms with Crippen molar-refractivity contribution in [1.29, 1.82) is 0 Å². The maximum Gasteiger partial charge on any atom is 0.233 e. The highest BCUT2D eigenvalue weighted by Gasteiger charge is 2.35. The van der Waals surface area contributed by atoms with Crippen LogP contribution < -0.4 is 9.47 Å². The van der Waals surface area contributed by atoms with Crippen molar-refractivity contribution in [3.63, 3.8) is 0 Å². The molecule has 28 heavy (non-hydrogen) atoms. The van der Waals surface area contributed by atoms with E-state index in [1.165, 1.54) is 0 Å². The summed E-state index contributed by atoms with van der Waals surface area (Å²) >= 11 is 0. The Morgan fingerprint density at radius 2 is 1.75 bits per heavy atom. The monoisotopic (exact) mass is 383 g/mol. The molecule has 6 nitrogen and oxygen atoms in total. The van der Waals surface area contributed by atoms with Crippen LogP contribution in [-0.2, 0) is 26.2 Å². The minimum atomic E-state index is -0.670. The number of hydrogen-bond acceptors (Lipinski definition) is 5. The third kappa shape index (κ3) is 3.84. The van der Waals surface area contributed by atoms with Gasteiger partial charge in [-0.1, -0.05) is 36.4 Å². The van der Waals surface area contributed by atoms with Gasteiger partial charge in [0.2, 0.25) is 12.7 Å². The maximum absolute atomic E-state index is 13.6. The molecule has 148 valence electrons. The summed E-state index contributed by atoms with van der Waals surface area (Å²) in [6.45, 7) is 6.06. The summed E-state index contributed by atoms with van der Waals surface area (Å²) in [5.41, 5.74) is 1.28. The van der Waals surface area contributed by atoms with Crippen LogP contribution in [0.5, 0.6) is 11.5 Å². The Morgan fingerprint density at radius 3 is 2.50 bits per heavy atom. The zero-order chi connectivity index (χ0) is 19.6. The lowest BCUT2D eigenvalue weighted by atomic mass is 9.83. The van der Waals surface area contributed by atoms with E-state index >= 15 is 0 Å². The van der Waals surface area contributed by atoms with Crippen LogP contribution in [0.2, 0.25) is 0 Å². The third-order valence-electron chi connectivity index (χ3n) is 5.19. The van der Waals surface area contributed by atoms with Gasteiger partial charge in [0.1, 0.15) is 0 Å². The number of ether oxygens (including phenoxy) is 4. The van der Waals surface area contributed by atoms with E-state index in [1.807, 2.05) is 62.4 Å². The molecule has 1 fully saturated rings. The molecule has 2 aromatic rings. The Morgan fingerprint density at radius 1 is 1.04 bits per heavy atom. The molecule has 0 radical (unpaired) electrons. The van der Waals surface area contributed by atoms with Gasteiger partial charge in [0, 0.05) is 6.54 Å². The van der Waals surface area contributed by atoms with Gasteiger partial charge in [-0.3, -0.25) is 4.79 Å². The van der Waals surface area contributed by atoms with E-state index < -0.39 is 11.7 Å². The first-order valence-corrected chi connectivity index (χ1v) is 9.51. The van der Waals surface area contributed by atoms with Crippen molar-refractivity contribution in [1.82, 2.24) is 4.90 Å². The Bertz CT molecular complexity index is 830. The van der Waals surface area contributed by atoms with Crippen LogP contribution in [0.4, 0.5) is 0 Å². The summed E-state index contributed by atoms with van der Waals surface area (Å²) < 4.78 is 22.1. The van der Waals surface area contributed by atoms with Crippen molar-refractivity contribution < 1.29 is 23.7 Å². The second kappa shape index (κ2) is 7.81. The number of rotatable bonds is 6. The minimum Gasteiger partial charge on any atom is -0.454 e. The fourth-order valence-electron chi connectivity index (χ4n) is 3.55. The largest absolute Gasteiger partial charge is 0.454 e. The van der Waals surface area contributed by atoms with Crippen molar-refractivity contribution >= 4 is 5.91 Å². The molecule has 1 amide bonds. The number of fused-ring (bicyclic) bond motifs is 1. The van der Waals surface area contributed by atoms with E-state index in [9.17, 15) is 4.79 Å². The summed E-state index contributed by atoms with van der Waals surface area (Å²) in [7, 11) is 0. The molecule has 4 rings (SSSR count). The van der Waals surface area contributed by atoms with E-state index in [2.05, 4.69) is 0 Å². The summed E-state index contributed by atoms with van der Waals surface area (Å²) in [5.74, 6) is 1.46. The smallest absolute Gasteiger partial charge is 0.233 e. The maximum atomic E-state index is 13.6. The molecule has 0 atom stereocenters. The van der Waals surface area contributed by atoms with E-state index in [1.54, 1.807) is 4.90 Å². The van der Waals surface area contributed by atoms with Crippen LogP contribution in [0.3, 0.4) is 0 Å². The summed E-state index contributed by atoms with van der Waals surface area (Å²) in [6, 6.07) is 15.6. The van der Waals surface area contributed by atoms with Crippen molar-refractivity contribution in [2.45, 2.75) is 32.1 Å². The molecule has 0 N–H and O–H groups in total. The molecule has 2 aliphatic rings. The average molecular weight is 383 g/mol. The van der Waals surface area contributed by atoms with E-state index in [0.29, 0.717) is 32.1 Å². The lowest BCUT2D eigenvalue weighted by Crippen LogP contribution is -2.46. The Hall–Kier alpha value is -2.57. The van der Waals surface area contributed by atoms with Crippen molar-refractivity contribution in [3.05, 3.63) is 59.7 Å². The van der Waals surface area contributed by atoms with Gasteiger partial charge in [-0.2, -0.15) is 0 Å². The summed E-state index contributed by atoms with van der Waals surface area (Å²) in [4.78, 5) is 15.4. The van der Waals surface area contributed by atoms with Gasteiger partial charge < -0.3 is 23.8 Å². The van der Waals surface area contributed by atoms with Gasteiger partial charge >= 0.3 is 0 Å². The highest BCUT2D eigenvalue weighted by atomic mass is 16.7. The van der Waals surface area contributed by atoms with Crippen molar-refractivity contribution in [2.24, 2.45) is 0 Å². The molecule has 0 aromatic heterocycles. The molecule has 1 saturated heterocycles. The number of carbonyl (C=O) groups is 1. The standard InChI is InChI=1S/C22H25NO5/c1-22(2,17-6-4-3-5-7-17)21(24)23(14-20-25-10-11-26-20)13-16-8-9-18-19(12-16)28-15-27-18/h3-9,12,20H,10-11,13-15H2,1-2H3. The molecule has 0 bridgehead atoms. The Kier molecular flexibility index (Phi) is 5.24. The van der Waals surface area contributed by atoms with Gasteiger partial charge in [0.15, 0.2) is 17.8 Å². The van der Waals surface area contributed by atoms with E-state index in [4.69, 9.17) is 18.9 Å². The molecule has 2 aliphatic heterocycles. The summed E-state index contributed by atoms with van der Waals surface area (Å²) in [6.07, 6.45) is -0.399. The molecule has 0 unspecified atom stereocenters. The SMILES string of the molecule is CC(C)(C(=O)N(Cc1ccc2c(c1)OCO2)CC1OCCO1)c1ccccc1. The predicted molar refractivity (Wildman–Crippen MR) is 103 cm³/mol. The quantitative estimate of drug-likeness (QED) is 0.767. The first kappa shape index (κ1) is 18.8. The van der Waals surface area contributed by atoms with Crippen LogP contribution in [-0.4, -0.2) is 43.6 Å². The van der Waals surface area contributed by atoms with Crippen molar-refractivity contribution in [2.75, 3.05) is 26.6 Å². The minimum absolute atomic E-state index is 0.0236. The normalized spacial score (nSPS) is 16.4. The highest BCUT2D eigenvalue weighted by molar-refractivity contribution is 5.87. The number of carbonyl (C=O) groups excluding carboxylic acids is 1. The Labute approximate surface area is 165 Å². The molecule has 2 aromatic carbocycles. The van der Waals surface area contributed by atoms with Gasteiger partial charge in [-0.25, -0.2) is 0 Å². The van der Waals surface area contributed by atoms with Gasteiger partial charge in [0.25, 0.3) is 0 Å². The second-order valence-electron chi connectivity index (χ2n) is 7.54. The molecule has 0 aliphatic carbocycles. The first-order valence-electron chi connectivity index (χ1n) is 9.51. The average Bonchev–Trinajstić information content (AvgIpc) is 3.39. The van der Waals surface area contributed by atoms with E-state index in [-0.39, 0.29) is 12.7 Å². The van der Waals surface area contributed by atoms with Crippen LogP contribution in [0, 0.1) is 0 Å². The fourth-order valence-corrected chi connectivity index (χ4v) is 3.55. The van der Waals surface area contributed by atoms with Crippen molar-refractivity contribution in [3.8, 4) is 11.5 Å². The zero-order valence-corrected chi connectivity index (χ0v) is 16.2. The molecule has 6 heteroatoms. The van der Waals surface area contributed by atoms with Crippen LogP contribution in [0.1, 0.15) is 25.0 Å². The fraction of sp³-hybridized carbons (Fsp3) is 0.409. The molecular formula is C22H25NO5. The number of hydrogen-bond donors (Lipinski definition) is 0. The number of benzene rings is 2. The first-order chi connectivity index (χ1) is 13.5. The van der Waals surface area contributed by atoms with Gasteiger partial charge in [-0.15, -0.1) is 0 Å². The molecule has 2 heterocycles. The molecular weight excluding hydrogens is 358 g/mol. The zero-order valence-electron chi connectivity index (χ0n) is 16.2. The summed E-state index contributed by atoms with van der Waals surface area (Å²) in [5, 5.41) is 0. The van der Waals surface area contributed by atoms with Gasteiger partial charge in [0.05, 0.1) is 25.2 Å². The molecule has 0 spiro atoms. The lowest BCUT2D eigenvalue weighted by molar-refractivity contribution is -0.143. The van der Waals surface area contributed by atoms with Crippen LogP contribution in [0.25, 0.3) is 0 Å². The Balaban J connectivity index is 1.58. The molecule has 0 saturated carbocycles. The predicted octanol–water partition coefficient (Wildman–Crippen LogP) is 3.09. The topological polar surface area (TPSA) is 57.2 Å². The number of nitrogens with zero attached hydrogens (tertiary/aromatic N) is 1. The highest BCUT2D eigenvalue weighted by Crippen LogP contribution is 2.33. The lowest BCUT2D eigenvalue weighted by Gasteiger charge is -2.33. The number of amides is 1. The van der Waals surface area contributed by atoms with Crippen LogP contribution >= 0.6 is 0 Å².